The van der Waals surface area contributed by atoms with Crippen LogP contribution in [0.2, 0.25) is 0 Å². The Bertz CT molecular complexity index is 787. The van der Waals surface area contributed by atoms with E-state index in [1.165, 1.54) is 12.1 Å². The van der Waals surface area contributed by atoms with Gasteiger partial charge in [-0.05, 0) is 61.6 Å². The summed E-state index contributed by atoms with van der Waals surface area (Å²) in [7, 11) is 0. The lowest BCUT2D eigenvalue weighted by molar-refractivity contribution is 0.364. The van der Waals surface area contributed by atoms with Gasteiger partial charge in [0, 0.05) is 5.56 Å². The van der Waals surface area contributed by atoms with Crippen molar-refractivity contribution in [3.8, 4) is 0 Å². The predicted octanol–water partition coefficient (Wildman–Crippen LogP) is 6.54. The second-order valence-corrected chi connectivity index (χ2v) is 6.71. The molecule has 0 saturated heterocycles. The fraction of sp³-hybridized carbons (Fsp3) is 0.333. The molecule has 2 aromatic rings. The van der Waals surface area contributed by atoms with Crippen LogP contribution in [-0.2, 0) is 0 Å². The summed E-state index contributed by atoms with van der Waals surface area (Å²) in [5, 5.41) is 0. The molecule has 1 saturated carbocycles. The first kappa shape index (κ1) is 17.7. The topological polar surface area (TPSA) is 0 Å². The minimum atomic E-state index is -0.859. The van der Waals surface area contributed by atoms with Gasteiger partial charge < -0.3 is 0 Å². The number of rotatable bonds is 3. The van der Waals surface area contributed by atoms with Crippen LogP contribution in [0.3, 0.4) is 0 Å². The van der Waals surface area contributed by atoms with Crippen LogP contribution in [0.15, 0.2) is 36.4 Å². The molecule has 25 heavy (non-hydrogen) atoms. The Morgan fingerprint density at radius 2 is 1.56 bits per heavy atom. The van der Waals surface area contributed by atoms with Gasteiger partial charge in [0.25, 0.3) is 0 Å². The van der Waals surface area contributed by atoms with Gasteiger partial charge in [-0.15, -0.1) is 0 Å². The normalized spacial score (nSPS) is 21.0. The van der Waals surface area contributed by atoms with Crippen LogP contribution < -0.4 is 0 Å². The second kappa shape index (κ2) is 7.42. The fourth-order valence-electron chi connectivity index (χ4n) is 3.49. The molecule has 3 rings (SSSR count). The van der Waals surface area contributed by atoms with Crippen molar-refractivity contribution in [2.24, 2.45) is 5.92 Å². The number of hydrogen-bond donors (Lipinski definition) is 0. The summed E-state index contributed by atoms with van der Waals surface area (Å²) >= 11 is 0. The molecule has 132 valence electrons. The standard InChI is InChI=1S/C21H20F4/c1-13-5-12-17(21(25)19(13)23)15-9-6-14(7-10-15)8-11-16-3-2-4-18(22)20(16)24/h2-5,8,11-12,14-15H,6-7,9-10H2,1H3. The monoisotopic (exact) mass is 348 g/mol. The Balaban J connectivity index is 1.65. The van der Waals surface area contributed by atoms with Gasteiger partial charge in [0.15, 0.2) is 23.3 Å². The van der Waals surface area contributed by atoms with Crippen molar-refractivity contribution in [2.75, 3.05) is 0 Å². The Hall–Kier alpha value is -2.10. The van der Waals surface area contributed by atoms with Gasteiger partial charge in [0.1, 0.15) is 0 Å². The van der Waals surface area contributed by atoms with Crippen LogP contribution in [0.5, 0.6) is 0 Å². The first-order valence-electron chi connectivity index (χ1n) is 8.54. The van der Waals surface area contributed by atoms with Crippen LogP contribution in [0.25, 0.3) is 6.08 Å². The van der Waals surface area contributed by atoms with Crippen molar-refractivity contribution >= 4 is 6.08 Å². The van der Waals surface area contributed by atoms with Crippen LogP contribution in [0.1, 0.15) is 48.3 Å². The lowest BCUT2D eigenvalue weighted by atomic mass is 9.78. The molecule has 0 radical (unpaired) electrons. The molecule has 0 spiro atoms. The van der Waals surface area contributed by atoms with E-state index in [0.29, 0.717) is 11.1 Å². The molecule has 1 aliphatic rings. The summed E-state index contributed by atoms with van der Waals surface area (Å²) in [5.41, 5.74) is 0.991. The summed E-state index contributed by atoms with van der Waals surface area (Å²) in [6.07, 6.45) is 6.62. The van der Waals surface area contributed by atoms with Gasteiger partial charge >= 0.3 is 0 Å². The van der Waals surface area contributed by atoms with Crippen molar-refractivity contribution in [1.29, 1.82) is 0 Å². The first-order valence-corrected chi connectivity index (χ1v) is 8.54. The average Bonchev–Trinajstić information content (AvgIpc) is 2.62. The molecule has 1 aliphatic carbocycles. The molecular weight excluding hydrogens is 328 g/mol. The minimum Gasteiger partial charge on any atom is -0.204 e. The highest BCUT2D eigenvalue weighted by molar-refractivity contribution is 5.50. The smallest absolute Gasteiger partial charge is 0.166 e. The molecule has 4 heteroatoms. The van der Waals surface area contributed by atoms with Gasteiger partial charge in [0.2, 0.25) is 0 Å². The van der Waals surface area contributed by atoms with Crippen molar-refractivity contribution in [2.45, 2.75) is 38.5 Å². The Morgan fingerprint density at radius 3 is 2.28 bits per heavy atom. The average molecular weight is 348 g/mol. The molecule has 0 N–H and O–H groups in total. The molecular formula is C21H20F4. The lowest BCUT2D eigenvalue weighted by Crippen LogP contribution is -2.13. The summed E-state index contributed by atoms with van der Waals surface area (Å²) in [4.78, 5) is 0. The third-order valence-electron chi connectivity index (χ3n) is 5.05. The maximum Gasteiger partial charge on any atom is 0.166 e. The quantitative estimate of drug-likeness (QED) is 0.553. The van der Waals surface area contributed by atoms with Crippen molar-refractivity contribution in [3.05, 3.63) is 76.4 Å². The van der Waals surface area contributed by atoms with Crippen LogP contribution in [0, 0.1) is 36.1 Å². The van der Waals surface area contributed by atoms with Crippen molar-refractivity contribution in [3.63, 3.8) is 0 Å². The Morgan fingerprint density at radius 1 is 0.840 bits per heavy atom. The highest BCUT2D eigenvalue weighted by Crippen LogP contribution is 2.38. The summed E-state index contributed by atoms with van der Waals surface area (Å²) < 4.78 is 54.7. The minimum absolute atomic E-state index is 0.00524. The van der Waals surface area contributed by atoms with Crippen LogP contribution >= 0.6 is 0 Å². The van der Waals surface area contributed by atoms with Gasteiger partial charge in [-0.3, -0.25) is 0 Å². The molecule has 0 nitrogen and oxygen atoms in total. The maximum atomic E-state index is 14.1. The molecule has 0 aromatic heterocycles. The van der Waals surface area contributed by atoms with E-state index in [-0.39, 0.29) is 17.4 Å². The van der Waals surface area contributed by atoms with Crippen molar-refractivity contribution in [1.82, 2.24) is 0 Å². The largest absolute Gasteiger partial charge is 0.204 e. The summed E-state index contributed by atoms with van der Waals surface area (Å²) in [5.74, 6) is -2.96. The Labute approximate surface area is 145 Å². The molecule has 1 fully saturated rings. The number of allylic oxidation sites excluding steroid dienone is 1. The molecule has 0 aliphatic heterocycles. The van der Waals surface area contributed by atoms with E-state index < -0.39 is 23.3 Å². The third-order valence-corrected chi connectivity index (χ3v) is 5.05. The van der Waals surface area contributed by atoms with E-state index in [0.717, 1.165) is 31.7 Å². The van der Waals surface area contributed by atoms with Gasteiger partial charge in [0.05, 0.1) is 0 Å². The number of halogens is 4. The molecule has 0 atom stereocenters. The zero-order valence-corrected chi connectivity index (χ0v) is 14.0. The SMILES string of the molecule is Cc1ccc(C2CCC(C=Cc3cccc(F)c3F)CC2)c(F)c1F. The fourth-order valence-corrected chi connectivity index (χ4v) is 3.49. The predicted molar refractivity (Wildman–Crippen MR) is 91.2 cm³/mol. The number of benzene rings is 2. The Kier molecular flexibility index (Phi) is 5.26. The second-order valence-electron chi connectivity index (χ2n) is 6.71. The van der Waals surface area contributed by atoms with Crippen molar-refractivity contribution < 1.29 is 17.6 Å². The molecule has 2 aromatic carbocycles. The highest BCUT2D eigenvalue weighted by Gasteiger charge is 2.25. The summed E-state index contributed by atoms with van der Waals surface area (Å²) in [6.45, 7) is 1.55. The van der Waals surface area contributed by atoms with E-state index in [9.17, 15) is 17.6 Å². The first-order chi connectivity index (χ1) is 12.0. The van der Waals surface area contributed by atoms with Gasteiger partial charge in [-0.2, -0.15) is 0 Å². The molecule has 0 amide bonds. The summed E-state index contributed by atoms with van der Waals surface area (Å²) in [6, 6.07) is 7.39. The molecule has 0 bridgehead atoms. The van der Waals surface area contributed by atoms with Crippen LogP contribution in [0.4, 0.5) is 17.6 Å². The van der Waals surface area contributed by atoms with E-state index in [1.807, 2.05) is 6.08 Å². The highest BCUT2D eigenvalue weighted by atomic mass is 19.2. The zero-order chi connectivity index (χ0) is 18.0. The van der Waals surface area contributed by atoms with E-state index >= 15 is 0 Å². The van der Waals surface area contributed by atoms with E-state index in [1.54, 1.807) is 25.1 Å². The number of hydrogen-bond acceptors (Lipinski definition) is 0. The third kappa shape index (κ3) is 3.78. The van der Waals surface area contributed by atoms with Gasteiger partial charge in [-0.1, -0.05) is 36.4 Å². The number of aryl methyl sites for hydroxylation is 1. The van der Waals surface area contributed by atoms with E-state index in [2.05, 4.69) is 0 Å². The molecule has 0 unspecified atom stereocenters. The van der Waals surface area contributed by atoms with Gasteiger partial charge in [-0.25, -0.2) is 17.6 Å². The van der Waals surface area contributed by atoms with E-state index in [4.69, 9.17) is 0 Å². The lowest BCUT2D eigenvalue weighted by Gasteiger charge is -2.27. The maximum absolute atomic E-state index is 14.1. The zero-order valence-electron chi connectivity index (χ0n) is 14.0. The molecule has 0 heterocycles. The van der Waals surface area contributed by atoms with Crippen LogP contribution in [-0.4, -0.2) is 0 Å².